The normalized spacial score (nSPS) is 19.4. The van der Waals surface area contributed by atoms with Crippen LogP contribution in [-0.2, 0) is 24.0 Å². The molecule has 5 rings (SSSR count). The van der Waals surface area contributed by atoms with E-state index in [9.17, 15) is 0 Å². The molecule has 1 aliphatic carbocycles. The van der Waals surface area contributed by atoms with Crippen LogP contribution in [-0.4, -0.2) is 66.2 Å². The van der Waals surface area contributed by atoms with Crippen LogP contribution in [0.5, 0.6) is 0 Å². The molecule has 0 aromatic heterocycles. The fraction of sp³-hybridized carbons (Fsp3) is 0.500. The maximum atomic E-state index is 5.83. The number of fused-ring (bicyclic) bond motifs is 3. The first-order chi connectivity index (χ1) is 15.1. The SMILES string of the molecule is CCCC1(CCN(C)C)c2cc(B3OCCO3)ccc2-c2ccc(B3OCCO3)cc21. The summed E-state index contributed by atoms with van der Waals surface area (Å²) < 4.78 is 23.3. The number of benzene rings is 2. The standard InChI is InChI=1S/C24H31B2NO4/c1-4-9-24(10-11-27(2)3)22-16-18(25-28-12-13-29-25)5-7-20(22)21-8-6-19(17-23(21)24)26-30-14-15-31-26/h5-8,16-17H,4,9-15H2,1-3H3. The highest BCUT2D eigenvalue weighted by Gasteiger charge is 2.44. The Morgan fingerprint density at radius 2 is 1.26 bits per heavy atom. The molecule has 2 saturated heterocycles. The van der Waals surface area contributed by atoms with E-state index in [0.717, 1.165) is 36.7 Å². The van der Waals surface area contributed by atoms with Gasteiger partial charge in [0.1, 0.15) is 0 Å². The van der Waals surface area contributed by atoms with Gasteiger partial charge in [0.2, 0.25) is 0 Å². The van der Waals surface area contributed by atoms with E-state index in [1.807, 2.05) is 0 Å². The van der Waals surface area contributed by atoms with Crippen LogP contribution in [0.4, 0.5) is 0 Å². The highest BCUT2D eigenvalue weighted by Crippen LogP contribution is 2.52. The Hall–Kier alpha value is -1.63. The fourth-order valence-electron chi connectivity index (χ4n) is 5.43. The predicted octanol–water partition coefficient (Wildman–Crippen LogP) is 2.19. The Bertz CT molecular complexity index is 874. The molecule has 7 heteroatoms. The highest BCUT2D eigenvalue weighted by molar-refractivity contribution is 6.62. The summed E-state index contributed by atoms with van der Waals surface area (Å²) in [5.74, 6) is 0. The second-order valence-electron chi connectivity index (χ2n) is 9.14. The fourth-order valence-corrected chi connectivity index (χ4v) is 5.43. The molecule has 2 aliphatic heterocycles. The van der Waals surface area contributed by atoms with Gasteiger partial charge in [0.05, 0.1) is 26.4 Å². The highest BCUT2D eigenvalue weighted by atomic mass is 16.6. The summed E-state index contributed by atoms with van der Waals surface area (Å²) in [4.78, 5) is 2.29. The quantitative estimate of drug-likeness (QED) is 0.644. The molecule has 0 bridgehead atoms. The van der Waals surface area contributed by atoms with Crippen LogP contribution in [0.15, 0.2) is 36.4 Å². The minimum Gasteiger partial charge on any atom is -0.405 e. The van der Waals surface area contributed by atoms with Crippen LogP contribution < -0.4 is 10.9 Å². The van der Waals surface area contributed by atoms with Gasteiger partial charge in [-0.3, -0.25) is 0 Å². The van der Waals surface area contributed by atoms with Gasteiger partial charge in [0, 0.05) is 5.41 Å². The molecular formula is C24H31B2NO4. The van der Waals surface area contributed by atoms with E-state index in [1.54, 1.807) is 0 Å². The molecular weight excluding hydrogens is 388 g/mol. The molecule has 0 spiro atoms. The summed E-state index contributed by atoms with van der Waals surface area (Å²) >= 11 is 0. The molecule has 3 aliphatic rings. The van der Waals surface area contributed by atoms with Crippen LogP contribution in [0.25, 0.3) is 11.1 Å². The van der Waals surface area contributed by atoms with Gasteiger partial charge in [-0.1, -0.05) is 49.7 Å². The van der Waals surface area contributed by atoms with Gasteiger partial charge in [-0.05, 0) is 66.7 Å². The molecule has 0 unspecified atom stereocenters. The summed E-state index contributed by atoms with van der Waals surface area (Å²) in [7, 11) is 3.81. The molecule has 2 heterocycles. The van der Waals surface area contributed by atoms with E-state index in [0.29, 0.717) is 26.4 Å². The maximum Gasteiger partial charge on any atom is 0.494 e. The van der Waals surface area contributed by atoms with Crippen molar-refractivity contribution in [2.45, 2.75) is 31.6 Å². The van der Waals surface area contributed by atoms with E-state index >= 15 is 0 Å². The average Bonchev–Trinajstić information content (AvgIpc) is 3.53. The monoisotopic (exact) mass is 419 g/mol. The maximum absolute atomic E-state index is 5.83. The van der Waals surface area contributed by atoms with Crippen LogP contribution in [0, 0.1) is 0 Å². The third kappa shape index (κ3) is 3.77. The Morgan fingerprint density at radius 1 is 0.774 bits per heavy atom. The molecule has 2 aromatic carbocycles. The van der Waals surface area contributed by atoms with Gasteiger partial charge < -0.3 is 23.5 Å². The molecule has 0 amide bonds. The Kier molecular flexibility index (Phi) is 5.97. The summed E-state index contributed by atoms with van der Waals surface area (Å²) in [5, 5.41) is 0. The summed E-state index contributed by atoms with van der Waals surface area (Å²) in [5.41, 5.74) is 7.70. The summed E-state index contributed by atoms with van der Waals surface area (Å²) in [6, 6.07) is 13.6. The number of hydrogen-bond donors (Lipinski definition) is 0. The topological polar surface area (TPSA) is 40.2 Å². The van der Waals surface area contributed by atoms with Crippen LogP contribution in [0.1, 0.15) is 37.3 Å². The number of nitrogens with zero attached hydrogens (tertiary/aromatic N) is 1. The van der Waals surface area contributed by atoms with Crippen molar-refractivity contribution in [2.75, 3.05) is 47.1 Å². The van der Waals surface area contributed by atoms with Gasteiger partial charge >= 0.3 is 14.2 Å². The molecule has 0 atom stereocenters. The third-order valence-corrected chi connectivity index (χ3v) is 6.86. The molecule has 31 heavy (non-hydrogen) atoms. The second-order valence-corrected chi connectivity index (χ2v) is 9.14. The smallest absolute Gasteiger partial charge is 0.405 e. The molecule has 2 aromatic rings. The van der Waals surface area contributed by atoms with Crippen molar-refractivity contribution in [3.8, 4) is 11.1 Å². The number of hydrogen-bond acceptors (Lipinski definition) is 5. The van der Waals surface area contributed by atoms with E-state index in [4.69, 9.17) is 18.6 Å². The first kappa shape index (κ1) is 21.2. The van der Waals surface area contributed by atoms with E-state index < -0.39 is 0 Å². The minimum absolute atomic E-state index is 0.0348. The van der Waals surface area contributed by atoms with Crippen molar-refractivity contribution < 1.29 is 18.6 Å². The molecule has 0 radical (unpaired) electrons. The zero-order valence-electron chi connectivity index (χ0n) is 18.9. The predicted molar refractivity (Wildman–Crippen MR) is 125 cm³/mol. The van der Waals surface area contributed by atoms with E-state index in [1.165, 1.54) is 22.3 Å². The third-order valence-electron chi connectivity index (χ3n) is 6.86. The van der Waals surface area contributed by atoms with Gasteiger partial charge in [0.15, 0.2) is 0 Å². The van der Waals surface area contributed by atoms with Gasteiger partial charge in [-0.2, -0.15) is 0 Å². The van der Waals surface area contributed by atoms with Crippen LogP contribution >= 0.6 is 0 Å². The lowest BCUT2D eigenvalue weighted by Gasteiger charge is -2.34. The second kappa shape index (κ2) is 8.72. The van der Waals surface area contributed by atoms with Crippen molar-refractivity contribution in [3.05, 3.63) is 47.5 Å². The lowest BCUT2D eigenvalue weighted by atomic mass is 9.68. The van der Waals surface area contributed by atoms with Crippen molar-refractivity contribution in [2.24, 2.45) is 0 Å². The van der Waals surface area contributed by atoms with Crippen LogP contribution in [0.2, 0.25) is 0 Å². The van der Waals surface area contributed by atoms with Crippen molar-refractivity contribution in [3.63, 3.8) is 0 Å². The Balaban J connectivity index is 1.64. The first-order valence-electron chi connectivity index (χ1n) is 11.5. The molecule has 2 fully saturated rings. The van der Waals surface area contributed by atoms with Crippen molar-refractivity contribution in [1.82, 2.24) is 4.90 Å². The number of rotatable bonds is 7. The molecule has 0 N–H and O–H groups in total. The minimum atomic E-state index is -0.252. The molecule has 0 saturated carbocycles. The lowest BCUT2D eigenvalue weighted by Crippen LogP contribution is -2.36. The first-order valence-corrected chi connectivity index (χ1v) is 11.5. The van der Waals surface area contributed by atoms with E-state index in [2.05, 4.69) is 62.3 Å². The van der Waals surface area contributed by atoms with Crippen molar-refractivity contribution in [1.29, 1.82) is 0 Å². The summed E-state index contributed by atoms with van der Waals surface area (Å²) in [6.07, 6.45) is 3.29. The van der Waals surface area contributed by atoms with Gasteiger partial charge in [-0.25, -0.2) is 0 Å². The van der Waals surface area contributed by atoms with E-state index in [-0.39, 0.29) is 19.7 Å². The largest absolute Gasteiger partial charge is 0.494 e. The van der Waals surface area contributed by atoms with Gasteiger partial charge in [0.25, 0.3) is 0 Å². The van der Waals surface area contributed by atoms with Crippen molar-refractivity contribution >= 4 is 25.2 Å². The van der Waals surface area contributed by atoms with Gasteiger partial charge in [-0.15, -0.1) is 0 Å². The molecule has 162 valence electrons. The van der Waals surface area contributed by atoms with Crippen LogP contribution in [0.3, 0.4) is 0 Å². The Labute approximate surface area is 186 Å². The molecule has 5 nitrogen and oxygen atoms in total. The zero-order valence-corrected chi connectivity index (χ0v) is 18.9. The lowest BCUT2D eigenvalue weighted by molar-refractivity contribution is 0.333. The Morgan fingerprint density at radius 3 is 1.68 bits per heavy atom. The zero-order chi connectivity index (χ0) is 21.4. The summed E-state index contributed by atoms with van der Waals surface area (Å²) in [6.45, 7) is 5.96. The average molecular weight is 419 g/mol.